The standard InChI is InChI=1S/C13H21N5O8/c1-5(14)11(23)16-4-9(20)17-6(3-10(21)22)12(24)18-7(13(25)26)2-8(15)19/h5-7H,2-4,14H2,1H3,(H2,15,19)(H,16,23)(H,17,20)(H,18,24)(H,21,22)(H,25,26). The van der Waals surface area contributed by atoms with Gasteiger partial charge in [0.15, 0.2) is 0 Å². The van der Waals surface area contributed by atoms with Crippen LogP contribution >= 0.6 is 0 Å². The van der Waals surface area contributed by atoms with Gasteiger partial charge in [-0.15, -0.1) is 0 Å². The summed E-state index contributed by atoms with van der Waals surface area (Å²) in [5.41, 5.74) is 10.2. The number of amides is 4. The maximum Gasteiger partial charge on any atom is 0.326 e. The van der Waals surface area contributed by atoms with Crippen molar-refractivity contribution in [3.8, 4) is 0 Å². The molecule has 0 aromatic rings. The third-order valence-electron chi connectivity index (χ3n) is 2.89. The molecule has 3 atom stereocenters. The Morgan fingerprint density at radius 1 is 0.923 bits per heavy atom. The molecule has 4 amide bonds. The molecular weight excluding hydrogens is 354 g/mol. The van der Waals surface area contributed by atoms with E-state index in [1.54, 1.807) is 0 Å². The number of carbonyl (C=O) groups excluding carboxylic acids is 4. The van der Waals surface area contributed by atoms with Gasteiger partial charge in [-0.1, -0.05) is 0 Å². The molecule has 13 nitrogen and oxygen atoms in total. The quantitative estimate of drug-likeness (QED) is 0.185. The fourth-order valence-corrected chi connectivity index (χ4v) is 1.63. The number of carbonyl (C=O) groups is 6. The first-order valence-electron chi connectivity index (χ1n) is 7.30. The van der Waals surface area contributed by atoms with Crippen LogP contribution in [-0.2, 0) is 28.8 Å². The normalized spacial score (nSPS) is 13.6. The van der Waals surface area contributed by atoms with Crippen molar-refractivity contribution in [2.75, 3.05) is 6.54 Å². The van der Waals surface area contributed by atoms with Gasteiger partial charge in [0.25, 0.3) is 0 Å². The van der Waals surface area contributed by atoms with E-state index >= 15 is 0 Å². The molecule has 0 radical (unpaired) electrons. The van der Waals surface area contributed by atoms with Gasteiger partial charge in [-0.25, -0.2) is 4.79 Å². The van der Waals surface area contributed by atoms with Crippen LogP contribution in [0.15, 0.2) is 0 Å². The Labute approximate surface area is 147 Å². The maximum atomic E-state index is 12.0. The Morgan fingerprint density at radius 3 is 1.92 bits per heavy atom. The summed E-state index contributed by atoms with van der Waals surface area (Å²) in [5, 5.41) is 23.9. The lowest BCUT2D eigenvalue weighted by Crippen LogP contribution is -2.54. The lowest BCUT2D eigenvalue weighted by Gasteiger charge is -2.20. The number of nitrogens with two attached hydrogens (primary N) is 2. The molecule has 0 aliphatic rings. The van der Waals surface area contributed by atoms with Crippen molar-refractivity contribution >= 4 is 35.6 Å². The average Bonchev–Trinajstić information content (AvgIpc) is 2.49. The predicted molar refractivity (Wildman–Crippen MR) is 84.2 cm³/mol. The highest BCUT2D eigenvalue weighted by atomic mass is 16.4. The molecule has 0 fully saturated rings. The van der Waals surface area contributed by atoms with Crippen molar-refractivity contribution in [3.05, 3.63) is 0 Å². The lowest BCUT2D eigenvalue weighted by molar-refractivity contribution is -0.144. The first kappa shape index (κ1) is 22.8. The second-order valence-electron chi connectivity index (χ2n) is 5.29. The Balaban J connectivity index is 4.95. The summed E-state index contributed by atoms with van der Waals surface area (Å²) in [6, 6.07) is -4.21. The molecule has 0 heterocycles. The van der Waals surface area contributed by atoms with Crippen molar-refractivity contribution < 1.29 is 39.0 Å². The summed E-state index contributed by atoms with van der Waals surface area (Å²) in [7, 11) is 0. The summed E-state index contributed by atoms with van der Waals surface area (Å²) in [4.78, 5) is 67.7. The minimum absolute atomic E-state index is 0.576. The van der Waals surface area contributed by atoms with Crippen molar-refractivity contribution in [1.29, 1.82) is 0 Å². The lowest BCUT2D eigenvalue weighted by atomic mass is 10.1. The predicted octanol–water partition coefficient (Wildman–Crippen LogP) is -4.15. The molecule has 0 aromatic carbocycles. The number of rotatable bonds is 11. The van der Waals surface area contributed by atoms with Crippen LogP contribution in [0.4, 0.5) is 0 Å². The van der Waals surface area contributed by atoms with Crippen LogP contribution in [0.2, 0.25) is 0 Å². The highest BCUT2D eigenvalue weighted by Gasteiger charge is 2.29. The largest absolute Gasteiger partial charge is 0.481 e. The van der Waals surface area contributed by atoms with E-state index in [0.717, 1.165) is 0 Å². The Bertz CT molecular complexity index is 591. The molecule has 146 valence electrons. The zero-order valence-electron chi connectivity index (χ0n) is 13.9. The van der Waals surface area contributed by atoms with Gasteiger partial charge in [-0.05, 0) is 6.92 Å². The van der Waals surface area contributed by atoms with E-state index in [4.69, 9.17) is 21.7 Å². The minimum atomic E-state index is -1.69. The molecule has 3 unspecified atom stereocenters. The second kappa shape index (κ2) is 10.6. The van der Waals surface area contributed by atoms with E-state index in [-0.39, 0.29) is 0 Å². The van der Waals surface area contributed by atoms with Gasteiger partial charge in [-0.3, -0.25) is 24.0 Å². The van der Waals surface area contributed by atoms with Gasteiger partial charge in [0.05, 0.1) is 25.4 Å². The molecule has 0 bridgehead atoms. The number of primary amides is 1. The third kappa shape index (κ3) is 9.17. The number of nitrogens with one attached hydrogen (secondary N) is 3. The first-order valence-corrected chi connectivity index (χ1v) is 7.30. The van der Waals surface area contributed by atoms with E-state index in [0.29, 0.717) is 0 Å². The SMILES string of the molecule is CC(N)C(=O)NCC(=O)NC(CC(=O)O)C(=O)NC(CC(N)=O)C(=O)O. The smallest absolute Gasteiger partial charge is 0.326 e. The van der Waals surface area contributed by atoms with Crippen LogP contribution in [0.5, 0.6) is 0 Å². The van der Waals surface area contributed by atoms with E-state index < -0.39 is 73.1 Å². The molecule has 9 N–H and O–H groups in total. The van der Waals surface area contributed by atoms with E-state index in [9.17, 15) is 28.8 Å². The molecule has 0 rings (SSSR count). The number of carboxylic acids is 2. The summed E-state index contributed by atoms with van der Waals surface area (Å²) in [5.74, 6) is -6.72. The van der Waals surface area contributed by atoms with Crippen molar-refractivity contribution in [2.24, 2.45) is 11.5 Å². The van der Waals surface area contributed by atoms with Crippen molar-refractivity contribution in [2.45, 2.75) is 37.9 Å². The van der Waals surface area contributed by atoms with Crippen LogP contribution in [0.3, 0.4) is 0 Å². The zero-order chi connectivity index (χ0) is 20.4. The van der Waals surface area contributed by atoms with Crippen molar-refractivity contribution in [1.82, 2.24) is 16.0 Å². The molecule has 26 heavy (non-hydrogen) atoms. The van der Waals surface area contributed by atoms with Gasteiger partial charge >= 0.3 is 11.9 Å². The fourth-order valence-electron chi connectivity index (χ4n) is 1.63. The van der Waals surface area contributed by atoms with Crippen LogP contribution in [-0.4, -0.2) is 70.5 Å². The van der Waals surface area contributed by atoms with Gasteiger partial charge < -0.3 is 37.6 Å². The highest BCUT2D eigenvalue weighted by molar-refractivity contribution is 5.95. The topological polar surface area (TPSA) is 231 Å². The number of hydrogen-bond donors (Lipinski definition) is 7. The molecule has 0 spiro atoms. The molecule has 0 aliphatic carbocycles. The van der Waals surface area contributed by atoms with Crippen LogP contribution < -0.4 is 27.4 Å². The Morgan fingerprint density at radius 2 is 1.50 bits per heavy atom. The van der Waals surface area contributed by atoms with Crippen molar-refractivity contribution in [3.63, 3.8) is 0 Å². The van der Waals surface area contributed by atoms with Crippen LogP contribution in [0.1, 0.15) is 19.8 Å². The Hall–Kier alpha value is -3.22. The van der Waals surface area contributed by atoms with Gasteiger partial charge in [0, 0.05) is 0 Å². The maximum absolute atomic E-state index is 12.0. The summed E-state index contributed by atoms with van der Waals surface area (Å²) in [6.45, 7) is 0.798. The highest BCUT2D eigenvalue weighted by Crippen LogP contribution is 1.98. The minimum Gasteiger partial charge on any atom is -0.481 e. The third-order valence-corrected chi connectivity index (χ3v) is 2.89. The summed E-state index contributed by atoms with van der Waals surface area (Å²) >= 11 is 0. The first-order chi connectivity index (χ1) is 11.9. The van der Waals surface area contributed by atoms with Crippen LogP contribution in [0, 0.1) is 0 Å². The molecule has 13 heteroatoms. The van der Waals surface area contributed by atoms with Gasteiger partial charge in [-0.2, -0.15) is 0 Å². The summed E-state index contributed by atoms with van der Waals surface area (Å²) < 4.78 is 0. The van der Waals surface area contributed by atoms with E-state index in [1.165, 1.54) is 6.92 Å². The average molecular weight is 375 g/mol. The number of aliphatic carboxylic acids is 2. The van der Waals surface area contributed by atoms with Gasteiger partial charge in [0.2, 0.25) is 23.6 Å². The Kier molecular flexibility index (Phi) is 9.29. The molecule has 0 saturated carbocycles. The molecular formula is C13H21N5O8. The monoisotopic (exact) mass is 375 g/mol. The van der Waals surface area contributed by atoms with Gasteiger partial charge in [0.1, 0.15) is 12.1 Å². The molecule has 0 saturated heterocycles. The number of carboxylic acid groups (broad SMARTS) is 2. The van der Waals surface area contributed by atoms with E-state index in [1.807, 2.05) is 10.6 Å². The molecule has 0 aromatic heterocycles. The van der Waals surface area contributed by atoms with Crippen LogP contribution in [0.25, 0.3) is 0 Å². The summed E-state index contributed by atoms with van der Waals surface area (Å²) in [6.07, 6.45) is -1.58. The van der Waals surface area contributed by atoms with E-state index in [2.05, 4.69) is 5.32 Å². The fraction of sp³-hybridized carbons (Fsp3) is 0.538. The molecule has 0 aliphatic heterocycles. The second-order valence-corrected chi connectivity index (χ2v) is 5.29. The zero-order valence-corrected chi connectivity index (χ0v) is 13.9. The number of hydrogen-bond acceptors (Lipinski definition) is 7.